The molecule has 3 aromatic rings. The monoisotopic (exact) mass is 335 g/mol. The van der Waals surface area contributed by atoms with Gasteiger partial charge in [-0.25, -0.2) is 0 Å². The fraction of sp³-hybridized carbons (Fsp3) is 0.200. The highest BCUT2D eigenvalue weighted by atomic mass is 16.2. The third-order valence-electron chi connectivity index (χ3n) is 4.00. The molecule has 0 radical (unpaired) electrons. The smallest absolute Gasteiger partial charge is 0.240 e. The number of carbonyl (C=O) groups excluding carboxylic acids is 2. The number of fused-ring (bicyclic) bond motifs is 1. The van der Waals surface area contributed by atoms with Crippen LogP contribution in [0.2, 0.25) is 0 Å². The number of aromatic nitrogens is 1. The van der Waals surface area contributed by atoms with Gasteiger partial charge in [0.05, 0.1) is 6.54 Å². The van der Waals surface area contributed by atoms with Crippen molar-refractivity contribution in [1.29, 1.82) is 0 Å². The molecular formula is C20H21N3O2. The first-order valence-electron chi connectivity index (χ1n) is 8.36. The second-order valence-electron chi connectivity index (χ2n) is 5.77. The molecule has 0 aliphatic rings. The zero-order valence-corrected chi connectivity index (χ0v) is 14.2. The maximum absolute atomic E-state index is 12.3. The second kappa shape index (κ2) is 7.66. The highest BCUT2D eigenvalue weighted by Gasteiger charge is 2.13. The van der Waals surface area contributed by atoms with E-state index in [1.165, 1.54) is 0 Å². The Morgan fingerprint density at radius 2 is 1.64 bits per heavy atom. The molecule has 2 N–H and O–H groups in total. The van der Waals surface area contributed by atoms with Crippen molar-refractivity contribution in [2.75, 3.05) is 13.1 Å². The molecule has 5 heteroatoms. The Hall–Kier alpha value is -3.08. The number of nitrogens with zero attached hydrogens (tertiary/aromatic N) is 1. The number of hydrogen-bond donors (Lipinski definition) is 2. The number of rotatable bonds is 6. The molecule has 5 nitrogen and oxygen atoms in total. The second-order valence-corrected chi connectivity index (χ2v) is 5.77. The molecule has 0 spiro atoms. The normalized spacial score (nSPS) is 10.6. The lowest BCUT2D eigenvalue weighted by molar-refractivity contribution is -0.126. The third kappa shape index (κ3) is 3.88. The van der Waals surface area contributed by atoms with Gasteiger partial charge in [-0.1, -0.05) is 48.5 Å². The van der Waals surface area contributed by atoms with Gasteiger partial charge in [-0.15, -0.1) is 0 Å². The summed E-state index contributed by atoms with van der Waals surface area (Å²) in [4.78, 5) is 23.9. The maximum atomic E-state index is 12.3. The summed E-state index contributed by atoms with van der Waals surface area (Å²) in [6.07, 6.45) is 0. The zero-order valence-electron chi connectivity index (χ0n) is 14.2. The van der Waals surface area contributed by atoms with Gasteiger partial charge >= 0.3 is 0 Å². The SMILES string of the molecule is CCNC(=O)CNC(=O)Cn1c(-c2ccccc2)cc2ccccc21. The minimum atomic E-state index is -0.190. The Morgan fingerprint density at radius 3 is 2.40 bits per heavy atom. The van der Waals surface area contributed by atoms with Crippen molar-refractivity contribution in [3.63, 3.8) is 0 Å². The van der Waals surface area contributed by atoms with Crippen molar-refractivity contribution in [1.82, 2.24) is 15.2 Å². The Bertz CT molecular complexity index is 884. The molecule has 0 aliphatic heterocycles. The molecule has 0 fully saturated rings. The van der Waals surface area contributed by atoms with Crippen LogP contribution in [-0.2, 0) is 16.1 Å². The van der Waals surface area contributed by atoms with E-state index in [2.05, 4.69) is 16.7 Å². The van der Waals surface area contributed by atoms with Crippen LogP contribution in [-0.4, -0.2) is 29.5 Å². The number of benzene rings is 2. The van der Waals surface area contributed by atoms with Gasteiger partial charge in [0.2, 0.25) is 11.8 Å². The number of likely N-dealkylation sites (N-methyl/N-ethyl adjacent to an activating group) is 1. The van der Waals surface area contributed by atoms with Crippen molar-refractivity contribution >= 4 is 22.7 Å². The first kappa shape index (κ1) is 16.8. The molecule has 0 atom stereocenters. The summed E-state index contributed by atoms with van der Waals surface area (Å²) in [7, 11) is 0. The molecule has 1 aromatic heterocycles. The summed E-state index contributed by atoms with van der Waals surface area (Å²) >= 11 is 0. The first-order chi connectivity index (χ1) is 12.2. The lowest BCUT2D eigenvalue weighted by Crippen LogP contribution is -2.38. The van der Waals surface area contributed by atoms with Gasteiger partial charge in [-0.2, -0.15) is 0 Å². The highest BCUT2D eigenvalue weighted by Crippen LogP contribution is 2.28. The van der Waals surface area contributed by atoms with E-state index in [4.69, 9.17) is 0 Å². The first-order valence-corrected chi connectivity index (χ1v) is 8.36. The van der Waals surface area contributed by atoms with Crippen LogP contribution in [0, 0.1) is 0 Å². The standard InChI is InChI=1S/C20H21N3O2/c1-2-21-19(24)13-22-20(25)14-23-17-11-7-6-10-16(17)12-18(23)15-8-4-3-5-9-15/h3-12H,2,13-14H2,1H3,(H,21,24)(H,22,25). The summed E-state index contributed by atoms with van der Waals surface area (Å²) in [5, 5.41) is 6.42. The summed E-state index contributed by atoms with van der Waals surface area (Å²) in [5.74, 6) is -0.374. The number of carbonyl (C=O) groups is 2. The van der Waals surface area contributed by atoms with Crippen LogP contribution in [0.15, 0.2) is 60.7 Å². The number of hydrogen-bond acceptors (Lipinski definition) is 2. The van der Waals surface area contributed by atoms with Gasteiger partial charge in [0.25, 0.3) is 0 Å². The lowest BCUT2D eigenvalue weighted by Gasteiger charge is -2.11. The Balaban J connectivity index is 1.87. The maximum Gasteiger partial charge on any atom is 0.240 e. The fourth-order valence-corrected chi connectivity index (χ4v) is 2.87. The van der Waals surface area contributed by atoms with Crippen molar-refractivity contribution in [3.8, 4) is 11.3 Å². The molecule has 128 valence electrons. The molecule has 0 unspecified atom stereocenters. The van der Waals surface area contributed by atoms with Gasteiger partial charge in [0.1, 0.15) is 6.54 Å². The van der Waals surface area contributed by atoms with Crippen LogP contribution in [0.1, 0.15) is 6.92 Å². The lowest BCUT2D eigenvalue weighted by atomic mass is 10.1. The van der Waals surface area contributed by atoms with E-state index in [0.29, 0.717) is 6.54 Å². The summed E-state index contributed by atoms with van der Waals surface area (Å²) < 4.78 is 1.98. The quantitative estimate of drug-likeness (QED) is 0.727. The number of para-hydroxylation sites is 1. The minimum absolute atomic E-state index is 0.00740. The van der Waals surface area contributed by atoms with E-state index in [1.54, 1.807) is 0 Å². The molecule has 0 saturated carbocycles. The van der Waals surface area contributed by atoms with Crippen LogP contribution in [0.25, 0.3) is 22.2 Å². The minimum Gasteiger partial charge on any atom is -0.355 e. The Kier molecular flexibility index (Phi) is 5.14. The van der Waals surface area contributed by atoms with Gasteiger partial charge in [0.15, 0.2) is 0 Å². The van der Waals surface area contributed by atoms with Crippen LogP contribution in [0.3, 0.4) is 0 Å². The van der Waals surface area contributed by atoms with E-state index >= 15 is 0 Å². The molecule has 25 heavy (non-hydrogen) atoms. The molecular weight excluding hydrogens is 314 g/mol. The van der Waals surface area contributed by atoms with Gasteiger partial charge in [-0.3, -0.25) is 9.59 Å². The summed E-state index contributed by atoms with van der Waals surface area (Å²) in [6, 6.07) is 20.0. The van der Waals surface area contributed by atoms with Crippen LogP contribution < -0.4 is 10.6 Å². The van der Waals surface area contributed by atoms with Crippen molar-refractivity contribution in [3.05, 3.63) is 60.7 Å². The van der Waals surface area contributed by atoms with E-state index in [-0.39, 0.29) is 24.9 Å². The number of nitrogens with one attached hydrogen (secondary N) is 2. The molecule has 0 bridgehead atoms. The molecule has 0 saturated heterocycles. The van der Waals surface area contributed by atoms with E-state index in [0.717, 1.165) is 22.2 Å². The average Bonchev–Trinajstić information content (AvgIpc) is 3.00. The van der Waals surface area contributed by atoms with Crippen LogP contribution in [0.4, 0.5) is 0 Å². The largest absolute Gasteiger partial charge is 0.355 e. The Morgan fingerprint density at radius 1 is 0.920 bits per heavy atom. The van der Waals surface area contributed by atoms with Gasteiger partial charge in [-0.05, 0) is 24.6 Å². The van der Waals surface area contributed by atoms with E-state index < -0.39 is 0 Å². The molecule has 2 aromatic carbocycles. The number of amides is 2. The molecule has 0 aliphatic carbocycles. The Labute approximate surface area is 146 Å². The van der Waals surface area contributed by atoms with Gasteiger partial charge in [0, 0.05) is 23.1 Å². The fourth-order valence-electron chi connectivity index (χ4n) is 2.87. The zero-order chi connectivity index (χ0) is 17.6. The van der Waals surface area contributed by atoms with Crippen molar-refractivity contribution in [2.24, 2.45) is 0 Å². The predicted octanol–water partition coefficient (Wildman–Crippen LogP) is 2.56. The predicted molar refractivity (Wildman–Crippen MR) is 99.1 cm³/mol. The summed E-state index contributed by atoms with van der Waals surface area (Å²) in [5.41, 5.74) is 3.03. The molecule has 1 heterocycles. The average molecular weight is 335 g/mol. The highest BCUT2D eigenvalue weighted by molar-refractivity contribution is 5.90. The van der Waals surface area contributed by atoms with E-state index in [9.17, 15) is 9.59 Å². The topological polar surface area (TPSA) is 63.1 Å². The molecule has 3 rings (SSSR count). The van der Waals surface area contributed by atoms with Crippen molar-refractivity contribution < 1.29 is 9.59 Å². The molecule has 2 amide bonds. The third-order valence-corrected chi connectivity index (χ3v) is 4.00. The summed E-state index contributed by atoms with van der Waals surface area (Å²) in [6.45, 7) is 2.55. The van der Waals surface area contributed by atoms with Crippen LogP contribution >= 0.6 is 0 Å². The van der Waals surface area contributed by atoms with Crippen LogP contribution in [0.5, 0.6) is 0 Å². The van der Waals surface area contributed by atoms with Crippen molar-refractivity contribution in [2.45, 2.75) is 13.5 Å². The van der Waals surface area contributed by atoms with E-state index in [1.807, 2.05) is 66.1 Å². The van der Waals surface area contributed by atoms with Gasteiger partial charge < -0.3 is 15.2 Å².